The summed E-state index contributed by atoms with van der Waals surface area (Å²) in [5.41, 5.74) is 2.01. The van der Waals surface area contributed by atoms with Crippen molar-refractivity contribution >= 4 is 16.6 Å². The zero-order valence-corrected chi connectivity index (χ0v) is 9.26. The Bertz CT molecular complexity index is 612. The Morgan fingerprint density at radius 3 is 2.88 bits per heavy atom. The SMILES string of the molecule is c1coc(CNc2cccc3cccnc23)c1. The van der Waals surface area contributed by atoms with Gasteiger partial charge in [-0.25, -0.2) is 0 Å². The summed E-state index contributed by atoms with van der Waals surface area (Å²) in [6.07, 6.45) is 3.48. The summed E-state index contributed by atoms with van der Waals surface area (Å²) in [6.45, 7) is 0.669. The molecule has 0 amide bonds. The molecule has 3 aromatic rings. The van der Waals surface area contributed by atoms with E-state index in [1.165, 1.54) is 0 Å². The van der Waals surface area contributed by atoms with E-state index in [0.29, 0.717) is 6.54 Å². The highest BCUT2D eigenvalue weighted by Crippen LogP contribution is 2.21. The second-order valence-corrected chi connectivity index (χ2v) is 3.81. The third kappa shape index (κ3) is 1.99. The average molecular weight is 224 g/mol. The Hall–Kier alpha value is -2.29. The van der Waals surface area contributed by atoms with Crippen LogP contribution in [0.1, 0.15) is 5.76 Å². The largest absolute Gasteiger partial charge is 0.467 e. The Morgan fingerprint density at radius 1 is 1.06 bits per heavy atom. The Morgan fingerprint density at radius 2 is 2.00 bits per heavy atom. The number of anilines is 1. The molecule has 0 bridgehead atoms. The zero-order chi connectivity index (χ0) is 11.5. The number of pyridine rings is 1. The summed E-state index contributed by atoms with van der Waals surface area (Å²) < 4.78 is 5.28. The predicted molar refractivity (Wildman–Crippen MR) is 67.8 cm³/mol. The lowest BCUT2D eigenvalue weighted by atomic mass is 10.2. The van der Waals surface area contributed by atoms with Crippen LogP contribution in [-0.4, -0.2) is 4.98 Å². The smallest absolute Gasteiger partial charge is 0.122 e. The molecular weight excluding hydrogens is 212 g/mol. The van der Waals surface area contributed by atoms with Crippen molar-refractivity contribution in [2.45, 2.75) is 6.54 Å². The molecule has 0 aliphatic carbocycles. The van der Waals surface area contributed by atoms with Crippen LogP contribution in [-0.2, 0) is 6.54 Å². The maximum Gasteiger partial charge on any atom is 0.122 e. The van der Waals surface area contributed by atoms with E-state index in [0.717, 1.165) is 22.4 Å². The van der Waals surface area contributed by atoms with Crippen molar-refractivity contribution in [2.75, 3.05) is 5.32 Å². The van der Waals surface area contributed by atoms with Gasteiger partial charge in [0.2, 0.25) is 0 Å². The number of hydrogen-bond donors (Lipinski definition) is 1. The molecule has 0 unspecified atom stereocenters. The maximum absolute atomic E-state index is 5.28. The molecule has 1 aromatic carbocycles. The van der Waals surface area contributed by atoms with E-state index < -0.39 is 0 Å². The van der Waals surface area contributed by atoms with E-state index in [2.05, 4.69) is 22.4 Å². The van der Waals surface area contributed by atoms with Crippen LogP contribution >= 0.6 is 0 Å². The first kappa shape index (κ1) is 9.90. The molecule has 17 heavy (non-hydrogen) atoms. The molecule has 0 saturated heterocycles. The van der Waals surface area contributed by atoms with Crippen molar-refractivity contribution in [3.63, 3.8) is 0 Å². The van der Waals surface area contributed by atoms with Gasteiger partial charge < -0.3 is 9.73 Å². The molecule has 3 heteroatoms. The van der Waals surface area contributed by atoms with Gasteiger partial charge in [-0.05, 0) is 24.3 Å². The van der Waals surface area contributed by atoms with Crippen LogP contribution in [0.25, 0.3) is 10.9 Å². The molecule has 0 saturated carbocycles. The Labute approximate surface area is 99.1 Å². The van der Waals surface area contributed by atoms with Gasteiger partial charge in [-0.3, -0.25) is 4.98 Å². The van der Waals surface area contributed by atoms with Gasteiger partial charge >= 0.3 is 0 Å². The number of rotatable bonds is 3. The second kappa shape index (κ2) is 4.29. The first-order valence-electron chi connectivity index (χ1n) is 5.53. The molecule has 0 spiro atoms. The minimum Gasteiger partial charge on any atom is -0.467 e. The number of hydrogen-bond acceptors (Lipinski definition) is 3. The molecule has 2 heterocycles. The molecule has 3 rings (SSSR count). The van der Waals surface area contributed by atoms with Crippen LogP contribution < -0.4 is 5.32 Å². The summed E-state index contributed by atoms with van der Waals surface area (Å²) in [7, 11) is 0. The zero-order valence-electron chi connectivity index (χ0n) is 9.26. The van der Waals surface area contributed by atoms with Crippen LogP contribution in [0.2, 0.25) is 0 Å². The molecule has 0 radical (unpaired) electrons. The van der Waals surface area contributed by atoms with E-state index in [1.54, 1.807) is 12.5 Å². The Kier molecular flexibility index (Phi) is 2.50. The van der Waals surface area contributed by atoms with Crippen molar-refractivity contribution in [1.82, 2.24) is 4.98 Å². The minimum absolute atomic E-state index is 0.669. The van der Waals surface area contributed by atoms with E-state index in [9.17, 15) is 0 Å². The highest BCUT2D eigenvalue weighted by molar-refractivity contribution is 5.90. The highest BCUT2D eigenvalue weighted by Gasteiger charge is 2.01. The number of fused-ring (bicyclic) bond motifs is 1. The number of para-hydroxylation sites is 1. The van der Waals surface area contributed by atoms with Gasteiger partial charge in [0.1, 0.15) is 5.76 Å². The number of nitrogens with zero attached hydrogens (tertiary/aromatic N) is 1. The Balaban J connectivity index is 1.90. The monoisotopic (exact) mass is 224 g/mol. The molecule has 0 atom stereocenters. The normalized spacial score (nSPS) is 10.6. The van der Waals surface area contributed by atoms with Crippen LogP contribution in [0.5, 0.6) is 0 Å². The quantitative estimate of drug-likeness (QED) is 0.740. The predicted octanol–water partition coefficient (Wildman–Crippen LogP) is 3.44. The summed E-state index contributed by atoms with van der Waals surface area (Å²) in [5.74, 6) is 0.915. The number of aromatic nitrogens is 1. The number of nitrogens with one attached hydrogen (secondary N) is 1. The second-order valence-electron chi connectivity index (χ2n) is 3.81. The van der Waals surface area contributed by atoms with E-state index in [-0.39, 0.29) is 0 Å². The van der Waals surface area contributed by atoms with E-state index in [4.69, 9.17) is 4.42 Å². The van der Waals surface area contributed by atoms with Crippen LogP contribution in [0.15, 0.2) is 59.3 Å². The number of benzene rings is 1. The van der Waals surface area contributed by atoms with Crippen LogP contribution in [0.3, 0.4) is 0 Å². The third-order valence-corrected chi connectivity index (χ3v) is 2.67. The molecule has 1 N–H and O–H groups in total. The van der Waals surface area contributed by atoms with Gasteiger partial charge in [0, 0.05) is 11.6 Å². The van der Waals surface area contributed by atoms with Gasteiger partial charge in [-0.1, -0.05) is 18.2 Å². The van der Waals surface area contributed by atoms with Crippen molar-refractivity contribution < 1.29 is 4.42 Å². The fraction of sp³-hybridized carbons (Fsp3) is 0.0714. The standard InChI is InChI=1S/C14H12N2O/c1-4-11-5-2-8-15-14(11)13(7-1)16-10-12-6-3-9-17-12/h1-9,16H,10H2. The first-order valence-corrected chi connectivity index (χ1v) is 5.53. The van der Waals surface area contributed by atoms with Gasteiger partial charge in [-0.15, -0.1) is 0 Å². The van der Waals surface area contributed by atoms with Crippen molar-refractivity contribution in [2.24, 2.45) is 0 Å². The van der Waals surface area contributed by atoms with Crippen molar-refractivity contribution in [3.05, 3.63) is 60.7 Å². The van der Waals surface area contributed by atoms with Crippen molar-refractivity contribution in [3.8, 4) is 0 Å². The lowest BCUT2D eigenvalue weighted by Gasteiger charge is -2.07. The van der Waals surface area contributed by atoms with Gasteiger partial charge in [-0.2, -0.15) is 0 Å². The van der Waals surface area contributed by atoms with Gasteiger partial charge in [0.05, 0.1) is 24.0 Å². The highest BCUT2D eigenvalue weighted by atomic mass is 16.3. The number of furan rings is 1. The minimum atomic E-state index is 0.669. The molecule has 0 aliphatic rings. The fourth-order valence-corrected chi connectivity index (χ4v) is 1.84. The lowest BCUT2D eigenvalue weighted by Crippen LogP contribution is -1.99. The lowest BCUT2D eigenvalue weighted by molar-refractivity contribution is 0.518. The summed E-state index contributed by atoms with van der Waals surface area (Å²) in [4.78, 5) is 4.39. The van der Waals surface area contributed by atoms with Gasteiger partial charge in [0.25, 0.3) is 0 Å². The molecular formula is C14H12N2O. The van der Waals surface area contributed by atoms with E-state index in [1.807, 2.05) is 30.3 Å². The average Bonchev–Trinajstić information content (AvgIpc) is 2.89. The summed E-state index contributed by atoms with van der Waals surface area (Å²) >= 11 is 0. The third-order valence-electron chi connectivity index (χ3n) is 2.67. The fourth-order valence-electron chi connectivity index (χ4n) is 1.84. The molecule has 0 fully saturated rings. The van der Waals surface area contributed by atoms with Crippen molar-refractivity contribution in [1.29, 1.82) is 0 Å². The van der Waals surface area contributed by atoms with Crippen LogP contribution in [0, 0.1) is 0 Å². The summed E-state index contributed by atoms with van der Waals surface area (Å²) in [6, 6.07) is 13.9. The van der Waals surface area contributed by atoms with E-state index >= 15 is 0 Å². The summed E-state index contributed by atoms with van der Waals surface area (Å²) in [5, 5.41) is 4.47. The molecule has 0 aliphatic heterocycles. The maximum atomic E-state index is 5.28. The molecule has 2 aromatic heterocycles. The first-order chi connectivity index (χ1) is 8.43. The van der Waals surface area contributed by atoms with Gasteiger partial charge in [0.15, 0.2) is 0 Å². The topological polar surface area (TPSA) is 38.1 Å². The molecule has 3 nitrogen and oxygen atoms in total. The molecule has 84 valence electrons. The van der Waals surface area contributed by atoms with Crippen LogP contribution in [0.4, 0.5) is 5.69 Å².